The molecule has 0 aromatic heterocycles. The van der Waals surface area contributed by atoms with Crippen molar-refractivity contribution in [2.45, 2.75) is 18.3 Å². The van der Waals surface area contributed by atoms with Crippen LogP contribution in [0.25, 0.3) is 0 Å². The molecule has 0 rings (SSSR count). The van der Waals surface area contributed by atoms with Crippen LogP contribution in [0.3, 0.4) is 0 Å². The van der Waals surface area contributed by atoms with Crippen LogP contribution in [0.5, 0.6) is 0 Å². The molecule has 68 valence electrons. The molecule has 0 aromatic rings. The van der Waals surface area contributed by atoms with Gasteiger partial charge in [-0.2, -0.15) is 0 Å². The van der Waals surface area contributed by atoms with E-state index in [9.17, 15) is 12.8 Å². The van der Waals surface area contributed by atoms with Crippen molar-refractivity contribution in [2.24, 2.45) is 0 Å². The predicted octanol–water partition coefficient (Wildman–Crippen LogP) is 0.753. The molecule has 1 unspecified atom stereocenters. The molecule has 11 heavy (non-hydrogen) atoms. The van der Waals surface area contributed by atoms with Gasteiger partial charge < -0.3 is 4.74 Å². The Bertz CT molecular complexity index is 208. The molecule has 0 bridgehead atoms. The molecule has 0 aliphatic heterocycles. The highest BCUT2D eigenvalue weighted by Gasteiger charge is 2.34. The minimum Gasteiger partial charge on any atom is -0.385 e. The van der Waals surface area contributed by atoms with Crippen molar-refractivity contribution < 1.29 is 17.5 Å². The molecular formula is C6H13FO3S. The molecule has 0 aliphatic carbocycles. The average Bonchev–Trinajstić information content (AvgIpc) is 1.81. The van der Waals surface area contributed by atoms with E-state index in [1.807, 2.05) is 0 Å². The number of sulfone groups is 1. The Balaban J connectivity index is 4.24. The van der Waals surface area contributed by atoms with Crippen molar-refractivity contribution in [3.8, 4) is 0 Å². The van der Waals surface area contributed by atoms with Gasteiger partial charge in [0.15, 0.2) is 9.84 Å². The van der Waals surface area contributed by atoms with Crippen LogP contribution in [0.15, 0.2) is 0 Å². The number of rotatable bonds is 4. The van der Waals surface area contributed by atoms with Gasteiger partial charge in [-0.25, -0.2) is 12.8 Å². The number of alkyl halides is 1. The van der Waals surface area contributed by atoms with E-state index in [1.165, 1.54) is 7.11 Å². The maximum atomic E-state index is 13.1. The molecule has 0 radical (unpaired) electrons. The monoisotopic (exact) mass is 184 g/mol. The topological polar surface area (TPSA) is 43.4 Å². The minimum atomic E-state index is -3.62. The normalized spacial score (nSPS) is 17.8. The maximum Gasteiger partial charge on any atom is 0.209 e. The molecule has 5 heteroatoms. The zero-order valence-corrected chi connectivity index (χ0v) is 7.74. The van der Waals surface area contributed by atoms with Gasteiger partial charge in [0.25, 0.3) is 0 Å². The van der Waals surface area contributed by atoms with E-state index < -0.39 is 14.8 Å². The maximum absolute atomic E-state index is 13.1. The van der Waals surface area contributed by atoms with Gasteiger partial charge in [-0.3, -0.25) is 0 Å². The van der Waals surface area contributed by atoms with Crippen molar-refractivity contribution in [2.75, 3.05) is 20.0 Å². The Labute approximate surface area is 66.5 Å². The molecule has 3 nitrogen and oxygen atoms in total. The number of hydrogen-bond donors (Lipinski definition) is 0. The lowest BCUT2D eigenvalue weighted by Crippen LogP contribution is -2.30. The number of methoxy groups -OCH3 is 1. The molecule has 0 heterocycles. The van der Waals surface area contributed by atoms with Gasteiger partial charge in [0.1, 0.15) is 0 Å². The second-order valence-electron chi connectivity index (χ2n) is 2.62. The van der Waals surface area contributed by atoms with Crippen molar-refractivity contribution in [3.63, 3.8) is 0 Å². The Hall–Kier alpha value is -0.160. The number of ether oxygens (including phenoxy) is 1. The zero-order valence-electron chi connectivity index (χ0n) is 6.93. The summed E-state index contributed by atoms with van der Waals surface area (Å²) in [4.78, 5) is 0. The molecule has 0 amide bonds. The van der Waals surface area contributed by atoms with Crippen LogP contribution in [0, 0.1) is 0 Å². The number of hydrogen-bond acceptors (Lipinski definition) is 3. The summed E-state index contributed by atoms with van der Waals surface area (Å²) in [5, 5.41) is -2.16. The van der Waals surface area contributed by atoms with E-state index in [2.05, 4.69) is 4.74 Å². The lowest BCUT2D eigenvalue weighted by molar-refractivity contribution is 0.151. The molecule has 0 saturated heterocycles. The van der Waals surface area contributed by atoms with Crippen LogP contribution >= 0.6 is 0 Å². The Kier molecular flexibility index (Phi) is 3.44. The summed E-state index contributed by atoms with van der Waals surface area (Å²) in [6, 6.07) is 0. The smallest absolute Gasteiger partial charge is 0.209 e. The molecule has 0 spiro atoms. The summed E-state index contributed by atoms with van der Waals surface area (Å²) in [5.74, 6) is 0. The van der Waals surface area contributed by atoms with Crippen LogP contribution in [0.4, 0.5) is 4.39 Å². The quantitative estimate of drug-likeness (QED) is 0.647. The van der Waals surface area contributed by atoms with Gasteiger partial charge in [0.05, 0.1) is 6.61 Å². The molecular weight excluding hydrogens is 171 g/mol. The Morgan fingerprint density at radius 2 is 2.00 bits per heavy atom. The summed E-state index contributed by atoms with van der Waals surface area (Å²) >= 11 is 0. The van der Waals surface area contributed by atoms with Crippen molar-refractivity contribution in [3.05, 3.63) is 0 Å². The Morgan fingerprint density at radius 3 is 2.27 bits per heavy atom. The van der Waals surface area contributed by atoms with Crippen molar-refractivity contribution >= 4 is 9.84 Å². The average molecular weight is 184 g/mol. The van der Waals surface area contributed by atoms with E-state index in [0.717, 1.165) is 13.2 Å². The third kappa shape index (κ3) is 3.16. The van der Waals surface area contributed by atoms with Gasteiger partial charge in [0.2, 0.25) is 5.00 Å². The van der Waals surface area contributed by atoms with Gasteiger partial charge in [0, 0.05) is 19.8 Å². The van der Waals surface area contributed by atoms with Crippen molar-refractivity contribution in [1.29, 1.82) is 0 Å². The molecule has 0 fully saturated rings. The molecule has 1 atom stereocenters. The largest absolute Gasteiger partial charge is 0.385 e. The van der Waals surface area contributed by atoms with Gasteiger partial charge in [-0.15, -0.1) is 0 Å². The first-order chi connectivity index (χ1) is 4.81. The summed E-state index contributed by atoms with van der Waals surface area (Å²) < 4.78 is 39.1. The summed E-state index contributed by atoms with van der Waals surface area (Å²) in [6.45, 7) is 1.15. The summed E-state index contributed by atoms with van der Waals surface area (Å²) in [5.41, 5.74) is 0. The third-order valence-corrected chi connectivity index (χ3v) is 3.28. The van der Waals surface area contributed by atoms with E-state index in [-0.39, 0.29) is 13.0 Å². The Morgan fingerprint density at radius 1 is 1.55 bits per heavy atom. The molecule has 0 aliphatic rings. The fourth-order valence-electron chi connectivity index (χ4n) is 0.470. The zero-order chi connectivity index (χ0) is 9.12. The van der Waals surface area contributed by atoms with E-state index in [0.29, 0.717) is 0 Å². The fourth-order valence-corrected chi connectivity index (χ4v) is 0.924. The van der Waals surface area contributed by atoms with E-state index in [1.54, 1.807) is 0 Å². The van der Waals surface area contributed by atoms with Gasteiger partial charge in [-0.05, 0) is 6.92 Å². The highest BCUT2D eigenvalue weighted by molar-refractivity contribution is 7.91. The van der Waals surface area contributed by atoms with E-state index >= 15 is 0 Å². The fraction of sp³-hybridized carbons (Fsp3) is 1.00. The first-order valence-electron chi connectivity index (χ1n) is 3.19. The standard InChI is InChI=1S/C6H13FO3S/c1-6(7,4-5-10-2)11(3,8)9/h4-5H2,1-3H3. The molecule has 0 aromatic carbocycles. The first-order valence-corrected chi connectivity index (χ1v) is 5.08. The van der Waals surface area contributed by atoms with Gasteiger partial charge in [-0.1, -0.05) is 0 Å². The van der Waals surface area contributed by atoms with Gasteiger partial charge >= 0.3 is 0 Å². The minimum absolute atomic E-state index is 0.111. The molecule has 0 saturated carbocycles. The van der Waals surface area contributed by atoms with Crippen LogP contribution < -0.4 is 0 Å². The van der Waals surface area contributed by atoms with Crippen molar-refractivity contribution in [1.82, 2.24) is 0 Å². The highest BCUT2D eigenvalue weighted by Crippen LogP contribution is 2.21. The summed E-state index contributed by atoms with van der Waals surface area (Å²) in [6.07, 6.45) is 0.755. The second kappa shape index (κ2) is 3.49. The lowest BCUT2D eigenvalue weighted by atomic mass is 10.3. The SMILES string of the molecule is COCCC(C)(F)S(C)(=O)=O. The second-order valence-corrected chi connectivity index (χ2v) is 5.01. The van der Waals surface area contributed by atoms with E-state index in [4.69, 9.17) is 0 Å². The van der Waals surface area contributed by atoms with Crippen LogP contribution in [0.2, 0.25) is 0 Å². The molecule has 0 N–H and O–H groups in total. The van der Waals surface area contributed by atoms with Crippen LogP contribution in [-0.4, -0.2) is 33.4 Å². The predicted molar refractivity (Wildman–Crippen MR) is 40.8 cm³/mol. The lowest BCUT2D eigenvalue weighted by Gasteiger charge is -2.16. The number of halogens is 1. The third-order valence-electron chi connectivity index (χ3n) is 1.53. The van der Waals surface area contributed by atoms with Crippen LogP contribution in [-0.2, 0) is 14.6 Å². The van der Waals surface area contributed by atoms with Crippen LogP contribution in [0.1, 0.15) is 13.3 Å². The highest BCUT2D eigenvalue weighted by atomic mass is 32.2. The first kappa shape index (κ1) is 10.8. The summed E-state index contributed by atoms with van der Waals surface area (Å²) in [7, 11) is -2.22.